The number of aromatic nitrogens is 4. The van der Waals surface area contributed by atoms with Gasteiger partial charge in [-0.25, -0.2) is 15.0 Å². The fourth-order valence-electron chi connectivity index (χ4n) is 1.59. The van der Waals surface area contributed by atoms with Gasteiger partial charge in [0.25, 0.3) is 5.56 Å². The zero-order valence-electron chi connectivity index (χ0n) is 11.3. The fourth-order valence-corrected chi connectivity index (χ4v) is 2.41. The van der Waals surface area contributed by atoms with Crippen molar-refractivity contribution in [1.82, 2.24) is 19.9 Å². The summed E-state index contributed by atoms with van der Waals surface area (Å²) in [5, 5.41) is 4.12. The molecule has 0 spiro atoms. The predicted molar refractivity (Wildman–Crippen MR) is 79.0 cm³/mol. The van der Waals surface area contributed by atoms with Crippen LogP contribution in [-0.4, -0.2) is 27.0 Å². The Bertz CT molecular complexity index is 657. The molecule has 2 aromatic heterocycles. The molecule has 8 heteroatoms. The summed E-state index contributed by atoms with van der Waals surface area (Å²) in [5.74, 6) is 1.68. The number of nitrogens with zero attached hydrogens (tertiary/aromatic N) is 3. The molecular weight excluding hydrogens is 276 g/mol. The average Bonchev–Trinajstić information content (AvgIpc) is 2.37. The molecule has 0 radical (unpaired) electrons. The van der Waals surface area contributed by atoms with Crippen molar-refractivity contribution >= 4 is 23.4 Å². The first kappa shape index (κ1) is 14.3. The van der Waals surface area contributed by atoms with Gasteiger partial charge in [0.15, 0.2) is 5.16 Å². The second kappa shape index (κ2) is 6.38. The van der Waals surface area contributed by atoms with Crippen molar-refractivity contribution in [2.45, 2.75) is 29.9 Å². The molecule has 20 heavy (non-hydrogen) atoms. The van der Waals surface area contributed by atoms with E-state index < -0.39 is 0 Å². The van der Waals surface area contributed by atoms with Gasteiger partial charge in [-0.1, -0.05) is 6.92 Å². The zero-order chi connectivity index (χ0) is 14.5. The zero-order valence-corrected chi connectivity index (χ0v) is 12.1. The summed E-state index contributed by atoms with van der Waals surface area (Å²) in [6.07, 6.45) is 1.76. The van der Waals surface area contributed by atoms with Gasteiger partial charge in [0, 0.05) is 25.6 Å². The lowest BCUT2D eigenvalue weighted by Crippen LogP contribution is -2.09. The van der Waals surface area contributed by atoms with Crippen LogP contribution in [0.5, 0.6) is 0 Å². The Morgan fingerprint density at radius 1 is 1.35 bits per heavy atom. The highest BCUT2D eigenvalue weighted by atomic mass is 32.2. The van der Waals surface area contributed by atoms with Gasteiger partial charge in [-0.05, 0) is 18.2 Å². The van der Waals surface area contributed by atoms with Crippen molar-refractivity contribution in [3.8, 4) is 0 Å². The van der Waals surface area contributed by atoms with Crippen LogP contribution in [0.1, 0.15) is 19.2 Å². The SMILES string of the molecule is CCCc1nc(NC)cc(Sc2nc(N)cc(=O)[nH]2)n1. The minimum absolute atomic E-state index is 0.188. The molecule has 0 aliphatic heterocycles. The number of nitrogens with one attached hydrogen (secondary N) is 2. The number of aryl methyl sites for hydroxylation is 1. The van der Waals surface area contributed by atoms with Crippen molar-refractivity contribution in [3.05, 3.63) is 28.3 Å². The first-order chi connectivity index (χ1) is 9.60. The van der Waals surface area contributed by atoms with E-state index in [1.165, 1.54) is 17.8 Å². The summed E-state index contributed by atoms with van der Waals surface area (Å²) in [4.78, 5) is 26.8. The first-order valence-electron chi connectivity index (χ1n) is 6.21. The largest absolute Gasteiger partial charge is 0.383 e. The molecule has 0 amide bonds. The molecule has 0 atom stereocenters. The smallest absolute Gasteiger partial charge is 0.253 e. The van der Waals surface area contributed by atoms with Crippen molar-refractivity contribution in [2.75, 3.05) is 18.1 Å². The minimum Gasteiger partial charge on any atom is -0.383 e. The number of H-pyrrole nitrogens is 1. The van der Waals surface area contributed by atoms with Crippen LogP contribution < -0.4 is 16.6 Å². The van der Waals surface area contributed by atoms with Gasteiger partial charge >= 0.3 is 0 Å². The summed E-state index contributed by atoms with van der Waals surface area (Å²) in [6.45, 7) is 2.07. The van der Waals surface area contributed by atoms with E-state index in [0.717, 1.165) is 24.5 Å². The van der Waals surface area contributed by atoms with Gasteiger partial charge in [-0.3, -0.25) is 4.79 Å². The van der Waals surface area contributed by atoms with Crippen LogP contribution in [0.25, 0.3) is 0 Å². The van der Waals surface area contributed by atoms with Gasteiger partial charge in [-0.15, -0.1) is 0 Å². The molecule has 106 valence electrons. The lowest BCUT2D eigenvalue weighted by atomic mass is 10.3. The Morgan fingerprint density at radius 2 is 2.15 bits per heavy atom. The standard InChI is InChI=1S/C12H16N6OS/c1-3-4-8-16-9(14-2)6-11(17-8)20-12-15-7(13)5-10(19)18-12/h5-6H,3-4H2,1-2H3,(H,14,16,17)(H3,13,15,18,19). The molecule has 0 unspecified atom stereocenters. The van der Waals surface area contributed by atoms with Crippen LogP contribution in [0.4, 0.5) is 11.6 Å². The average molecular weight is 292 g/mol. The molecule has 0 saturated carbocycles. The maximum Gasteiger partial charge on any atom is 0.253 e. The highest BCUT2D eigenvalue weighted by Crippen LogP contribution is 2.24. The lowest BCUT2D eigenvalue weighted by molar-refractivity contribution is 0.810. The Kier molecular flexibility index (Phi) is 4.57. The first-order valence-corrected chi connectivity index (χ1v) is 7.02. The van der Waals surface area contributed by atoms with Crippen LogP contribution >= 0.6 is 11.8 Å². The van der Waals surface area contributed by atoms with Gasteiger partial charge in [-0.2, -0.15) is 0 Å². The van der Waals surface area contributed by atoms with E-state index in [1.54, 1.807) is 13.1 Å². The van der Waals surface area contributed by atoms with Crippen LogP contribution in [-0.2, 0) is 6.42 Å². The van der Waals surface area contributed by atoms with Gasteiger partial charge in [0.1, 0.15) is 22.5 Å². The highest BCUT2D eigenvalue weighted by molar-refractivity contribution is 7.99. The molecule has 7 nitrogen and oxygen atoms in total. The number of nitrogens with two attached hydrogens (primary N) is 1. The molecular formula is C12H16N6OS. The Balaban J connectivity index is 2.31. The van der Waals surface area contributed by atoms with E-state index in [4.69, 9.17) is 5.73 Å². The molecule has 2 heterocycles. The molecule has 0 fully saturated rings. The summed E-state index contributed by atoms with van der Waals surface area (Å²) < 4.78 is 0. The monoisotopic (exact) mass is 292 g/mol. The van der Waals surface area contributed by atoms with E-state index in [2.05, 4.69) is 32.2 Å². The van der Waals surface area contributed by atoms with E-state index in [9.17, 15) is 4.79 Å². The Hall–Kier alpha value is -2.09. The number of nitrogen functional groups attached to an aromatic ring is 1. The highest BCUT2D eigenvalue weighted by Gasteiger charge is 2.07. The Labute approximate surface area is 120 Å². The summed E-state index contributed by atoms with van der Waals surface area (Å²) in [5.41, 5.74) is 5.28. The second-order valence-electron chi connectivity index (χ2n) is 4.09. The fraction of sp³-hybridized carbons (Fsp3) is 0.333. The number of rotatable bonds is 5. The van der Waals surface area contributed by atoms with Gasteiger partial charge < -0.3 is 16.0 Å². The summed E-state index contributed by atoms with van der Waals surface area (Å²) >= 11 is 1.25. The van der Waals surface area contributed by atoms with E-state index in [1.807, 2.05) is 0 Å². The minimum atomic E-state index is -0.281. The molecule has 0 aliphatic rings. The molecule has 4 N–H and O–H groups in total. The molecule has 0 aliphatic carbocycles. The molecule has 2 rings (SSSR count). The Morgan fingerprint density at radius 3 is 2.80 bits per heavy atom. The number of anilines is 2. The molecule has 0 saturated heterocycles. The lowest BCUT2D eigenvalue weighted by Gasteiger charge is -2.06. The van der Waals surface area contributed by atoms with E-state index in [0.29, 0.717) is 10.2 Å². The molecule has 0 aromatic carbocycles. The maximum atomic E-state index is 11.4. The van der Waals surface area contributed by atoms with E-state index >= 15 is 0 Å². The third-order valence-electron chi connectivity index (χ3n) is 2.42. The van der Waals surface area contributed by atoms with Crippen LogP contribution in [0.3, 0.4) is 0 Å². The quantitative estimate of drug-likeness (QED) is 0.562. The third-order valence-corrected chi connectivity index (χ3v) is 3.22. The van der Waals surface area contributed by atoms with Crippen LogP contribution in [0.2, 0.25) is 0 Å². The van der Waals surface area contributed by atoms with Gasteiger partial charge in [0.05, 0.1) is 0 Å². The predicted octanol–water partition coefficient (Wildman–Crippen LogP) is 1.29. The summed E-state index contributed by atoms with van der Waals surface area (Å²) in [7, 11) is 1.80. The van der Waals surface area contributed by atoms with Crippen LogP contribution in [0.15, 0.2) is 27.1 Å². The second-order valence-corrected chi connectivity index (χ2v) is 5.09. The number of hydrogen-bond acceptors (Lipinski definition) is 7. The number of aromatic amines is 1. The van der Waals surface area contributed by atoms with Crippen molar-refractivity contribution in [2.24, 2.45) is 0 Å². The molecule has 0 bridgehead atoms. The number of hydrogen-bond donors (Lipinski definition) is 3. The van der Waals surface area contributed by atoms with Gasteiger partial charge in [0.2, 0.25) is 0 Å². The summed E-state index contributed by atoms with van der Waals surface area (Å²) in [6, 6.07) is 3.04. The van der Waals surface area contributed by atoms with Crippen molar-refractivity contribution < 1.29 is 0 Å². The van der Waals surface area contributed by atoms with E-state index in [-0.39, 0.29) is 11.4 Å². The normalized spacial score (nSPS) is 10.5. The third kappa shape index (κ3) is 3.70. The van der Waals surface area contributed by atoms with Crippen LogP contribution in [0, 0.1) is 0 Å². The van der Waals surface area contributed by atoms with Crippen molar-refractivity contribution in [3.63, 3.8) is 0 Å². The van der Waals surface area contributed by atoms with Crippen molar-refractivity contribution in [1.29, 1.82) is 0 Å². The topological polar surface area (TPSA) is 110 Å². The maximum absolute atomic E-state index is 11.4. The molecule has 2 aromatic rings.